The van der Waals surface area contributed by atoms with E-state index >= 15 is 0 Å². The average molecular weight is 395 g/mol. The summed E-state index contributed by atoms with van der Waals surface area (Å²) in [6, 6.07) is 9.42. The maximum atomic E-state index is 12.9. The van der Waals surface area contributed by atoms with Gasteiger partial charge in [0.05, 0.1) is 4.92 Å². The second-order valence-electron chi connectivity index (χ2n) is 6.73. The van der Waals surface area contributed by atoms with Gasteiger partial charge < -0.3 is 20.6 Å². The number of amides is 2. The van der Waals surface area contributed by atoms with Gasteiger partial charge in [0.25, 0.3) is 5.69 Å². The van der Waals surface area contributed by atoms with Crippen molar-refractivity contribution in [2.24, 2.45) is 5.92 Å². The van der Waals surface area contributed by atoms with Gasteiger partial charge in [-0.05, 0) is 49.1 Å². The molecular weight excluding hydrogens is 374 g/mol. The Bertz CT molecular complexity index is 981. The third-order valence-electron chi connectivity index (χ3n) is 4.63. The summed E-state index contributed by atoms with van der Waals surface area (Å²) in [5.74, 6) is -0.951. The summed E-state index contributed by atoms with van der Waals surface area (Å²) in [5.41, 5.74) is 2.27. The van der Waals surface area contributed by atoms with Crippen LogP contribution in [0.4, 0.5) is 17.3 Å². The van der Waals surface area contributed by atoms with E-state index in [2.05, 4.69) is 20.6 Å². The topological polar surface area (TPSA) is 133 Å². The standard InChI is InChI=1S/C20H21N5O4/c1-12-7-9-21-17(12)23-19(26)16(20(27)24-18-13(2)8-10-22-18)11-14-3-5-15(6-4-14)25(28)29/h3-10,16,21-22H,11H2,1-2H3,(H,23,26)(H,24,27). The van der Waals surface area contributed by atoms with E-state index in [0.717, 1.165) is 11.1 Å². The molecule has 2 heterocycles. The summed E-state index contributed by atoms with van der Waals surface area (Å²) in [5, 5.41) is 16.3. The molecule has 0 bridgehead atoms. The fraction of sp³-hybridized carbons (Fsp3) is 0.200. The van der Waals surface area contributed by atoms with Crippen LogP contribution in [0.25, 0.3) is 0 Å². The van der Waals surface area contributed by atoms with Gasteiger partial charge >= 0.3 is 0 Å². The predicted molar refractivity (Wildman–Crippen MR) is 109 cm³/mol. The van der Waals surface area contributed by atoms with Gasteiger partial charge in [0.1, 0.15) is 17.6 Å². The lowest BCUT2D eigenvalue weighted by atomic mass is 9.97. The number of nitro groups is 1. The number of hydrogen-bond donors (Lipinski definition) is 4. The van der Waals surface area contributed by atoms with Crippen molar-refractivity contribution in [3.05, 3.63) is 75.6 Å². The zero-order valence-electron chi connectivity index (χ0n) is 16.0. The van der Waals surface area contributed by atoms with E-state index in [1.807, 2.05) is 26.0 Å². The van der Waals surface area contributed by atoms with Crippen molar-refractivity contribution in [3.63, 3.8) is 0 Å². The molecular formula is C20H21N5O4. The minimum absolute atomic E-state index is 0.0526. The first-order valence-corrected chi connectivity index (χ1v) is 8.98. The lowest BCUT2D eigenvalue weighted by molar-refractivity contribution is -0.384. The van der Waals surface area contributed by atoms with Crippen LogP contribution in [-0.2, 0) is 16.0 Å². The molecule has 1 aromatic carbocycles. The highest BCUT2D eigenvalue weighted by molar-refractivity contribution is 6.10. The second-order valence-corrected chi connectivity index (χ2v) is 6.73. The van der Waals surface area contributed by atoms with Crippen LogP contribution in [0.15, 0.2) is 48.8 Å². The summed E-state index contributed by atoms with van der Waals surface area (Å²) in [7, 11) is 0. The highest BCUT2D eigenvalue weighted by Gasteiger charge is 2.28. The van der Waals surface area contributed by atoms with Crippen molar-refractivity contribution in [2.45, 2.75) is 20.3 Å². The molecule has 2 amide bonds. The highest BCUT2D eigenvalue weighted by atomic mass is 16.6. The molecule has 3 rings (SSSR count). The first kappa shape index (κ1) is 19.9. The molecule has 0 aliphatic heterocycles. The number of nitrogens with one attached hydrogen (secondary N) is 4. The molecule has 3 aromatic rings. The van der Waals surface area contributed by atoms with Gasteiger partial charge in [-0.25, -0.2) is 0 Å². The molecule has 0 atom stereocenters. The molecule has 150 valence electrons. The van der Waals surface area contributed by atoms with Crippen LogP contribution in [0.2, 0.25) is 0 Å². The number of H-pyrrole nitrogens is 2. The Morgan fingerprint density at radius 2 is 1.41 bits per heavy atom. The van der Waals surface area contributed by atoms with Gasteiger partial charge in [-0.2, -0.15) is 0 Å². The molecule has 9 nitrogen and oxygen atoms in total. The van der Waals surface area contributed by atoms with E-state index < -0.39 is 22.7 Å². The largest absolute Gasteiger partial charge is 0.348 e. The number of benzene rings is 1. The number of nitro benzene ring substituents is 1. The number of hydrogen-bond acceptors (Lipinski definition) is 4. The maximum Gasteiger partial charge on any atom is 0.269 e. The Balaban J connectivity index is 1.82. The molecule has 0 spiro atoms. The van der Waals surface area contributed by atoms with Crippen LogP contribution in [-0.4, -0.2) is 26.7 Å². The number of aromatic amines is 2. The molecule has 9 heteroatoms. The summed E-state index contributed by atoms with van der Waals surface area (Å²) >= 11 is 0. The van der Waals surface area contributed by atoms with Crippen LogP contribution in [0.1, 0.15) is 16.7 Å². The second kappa shape index (κ2) is 8.42. The van der Waals surface area contributed by atoms with Crippen LogP contribution >= 0.6 is 0 Å². The van der Waals surface area contributed by atoms with Crippen molar-refractivity contribution in [1.29, 1.82) is 0 Å². The Hall–Kier alpha value is -3.88. The Labute approximate surface area is 166 Å². The van der Waals surface area contributed by atoms with Gasteiger partial charge in [0.15, 0.2) is 0 Å². The van der Waals surface area contributed by atoms with Crippen LogP contribution in [0, 0.1) is 29.9 Å². The molecule has 0 saturated carbocycles. The minimum Gasteiger partial charge on any atom is -0.348 e. The predicted octanol–water partition coefficient (Wildman–Crippen LogP) is 3.30. The Kier molecular flexibility index (Phi) is 5.77. The average Bonchev–Trinajstić information content (AvgIpc) is 3.28. The van der Waals surface area contributed by atoms with Crippen molar-refractivity contribution in [3.8, 4) is 0 Å². The van der Waals surface area contributed by atoms with Crippen molar-refractivity contribution in [2.75, 3.05) is 10.6 Å². The van der Waals surface area contributed by atoms with E-state index in [-0.39, 0.29) is 12.1 Å². The molecule has 0 radical (unpaired) electrons. The Morgan fingerprint density at radius 1 is 0.931 bits per heavy atom. The van der Waals surface area contributed by atoms with Gasteiger partial charge in [-0.15, -0.1) is 0 Å². The summed E-state index contributed by atoms with van der Waals surface area (Å²) < 4.78 is 0. The van der Waals surface area contributed by atoms with Crippen LogP contribution in [0.5, 0.6) is 0 Å². The quantitative estimate of drug-likeness (QED) is 0.277. The molecule has 4 N–H and O–H groups in total. The number of anilines is 2. The molecule has 0 fully saturated rings. The molecule has 2 aromatic heterocycles. The van der Waals surface area contributed by atoms with Crippen molar-refractivity contribution < 1.29 is 14.5 Å². The first-order chi connectivity index (χ1) is 13.8. The Morgan fingerprint density at radius 3 is 1.79 bits per heavy atom. The molecule has 29 heavy (non-hydrogen) atoms. The van der Waals surface area contributed by atoms with Gasteiger partial charge in [-0.3, -0.25) is 19.7 Å². The monoisotopic (exact) mass is 395 g/mol. The summed E-state index contributed by atoms with van der Waals surface area (Å²) in [4.78, 5) is 42.0. The fourth-order valence-corrected chi connectivity index (χ4v) is 2.88. The molecule has 0 saturated heterocycles. The van der Waals surface area contributed by atoms with Crippen molar-refractivity contribution >= 4 is 29.1 Å². The number of rotatable bonds is 7. The van der Waals surface area contributed by atoms with Gasteiger partial charge in [0.2, 0.25) is 11.8 Å². The third kappa shape index (κ3) is 4.70. The summed E-state index contributed by atoms with van der Waals surface area (Å²) in [6.45, 7) is 3.67. The number of aromatic nitrogens is 2. The normalized spacial score (nSPS) is 10.7. The van der Waals surface area contributed by atoms with Crippen LogP contribution in [0.3, 0.4) is 0 Å². The summed E-state index contributed by atoms with van der Waals surface area (Å²) in [6.07, 6.45) is 3.48. The smallest absolute Gasteiger partial charge is 0.269 e. The molecule has 0 aliphatic carbocycles. The number of aryl methyl sites for hydroxylation is 2. The fourth-order valence-electron chi connectivity index (χ4n) is 2.88. The number of non-ortho nitro benzene ring substituents is 1. The van der Waals surface area contributed by atoms with Gasteiger partial charge in [-0.1, -0.05) is 12.1 Å². The van der Waals surface area contributed by atoms with E-state index in [9.17, 15) is 19.7 Å². The highest BCUT2D eigenvalue weighted by Crippen LogP contribution is 2.20. The SMILES string of the molecule is Cc1cc[nH]c1NC(=O)C(Cc1ccc([N+](=O)[O-])cc1)C(=O)Nc1[nH]ccc1C. The van der Waals surface area contributed by atoms with E-state index in [1.165, 1.54) is 12.1 Å². The zero-order chi connectivity index (χ0) is 21.0. The lowest BCUT2D eigenvalue weighted by Crippen LogP contribution is -2.35. The molecule has 0 aliphatic rings. The minimum atomic E-state index is -1.04. The third-order valence-corrected chi connectivity index (χ3v) is 4.63. The molecule has 0 unspecified atom stereocenters. The number of carbonyl (C=O) groups is 2. The van der Waals surface area contributed by atoms with E-state index in [4.69, 9.17) is 0 Å². The maximum absolute atomic E-state index is 12.9. The lowest BCUT2D eigenvalue weighted by Gasteiger charge is -2.17. The first-order valence-electron chi connectivity index (χ1n) is 8.98. The van der Waals surface area contributed by atoms with Gasteiger partial charge in [0, 0.05) is 24.5 Å². The zero-order valence-corrected chi connectivity index (χ0v) is 16.0. The number of carbonyl (C=O) groups excluding carboxylic acids is 2. The van der Waals surface area contributed by atoms with Crippen LogP contribution < -0.4 is 10.6 Å². The van der Waals surface area contributed by atoms with Crippen molar-refractivity contribution in [1.82, 2.24) is 9.97 Å². The van der Waals surface area contributed by atoms with E-state index in [1.54, 1.807) is 24.5 Å². The van der Waals surface area contributed by atoms with E-state index in [0.29, 0.717) is 17.2 Å². The number of nitrogens with zero attached hydrogens (tertiary/aromatic N) is 1.